The van der Waals surface area contributed by atoms with Gasteiger partial charge in [0.25, 0.3) is 0 Å². The summed E-state index contributed by atoms with van der Waals surface area (Å²) in [6.07, 6.45) is 1.73. The zero-order valence-electron chi connectivity index (χ0n) is 10.3. The van der Waals surface area contributed by atoms with E-state index in [9.17, 15) is 4.79 Å². The molecule has 0 spiro atoms. The molecule has 1 atom stereocenters. The number of rotatable bonds is 2. The third kappa shape index (κ3) is 2.76. The van der Waals surface area contributed by atoms with E-state index < -0.39 is 0 Å². The molecule has 1 unspecified atom stereocenters. The Kier molecular flexibility index (Phi) is 3.33. The fourth-order valence-electron chi connectivity index (χ4n) is 2.21. The van der Waals surface area contributed by atoms with Crippen molar-refractivity contribution in [3.05, 3.63) is 12.3 Å². The lowest BCUT2D eigenvalue weighted by atomic mass is 10.2. The number of nitrogen functional groups attached to an aromatic ring is 1. The van der Waals surface area contributed by atoms with Crippen LogP contribution in [0.3, 0.4) is 0 Å². The highest BCUT2D eigenvalue weighted by atomic mass is 16.2. The summed E-state index contributed by atoms with van der Waals surface area (Å²) in [6.45, 7) is 4.98. The summed E-state index contributed by atoms with van der Waals surface area (Å²) >= 11 is 0. The molecular formula is C11H19N5O. The number of amides is 1. The Morgan fingerprint density at radius 3 is 2.94 bits per heavy atom. The van der Waals surface area contributed by atoms with E-state index in [2.05, 4.69) is 24.0 Å². The van der Waals surface area contributed by atoms with Crippen LogP contribution in [0.25, 0.3) is 0 Å². The molecule has 1 aromatic heterocycles. The van der Waals surface area contributed by atoms with Crippen LogP contribution in [0.2, 0.25) is 0 Å². The highest BCUT2D eigenvalue weighted by Crippen LogP contribution is 2.09. The summed E-state index contributed by atoms with van der Waals surface area (Å²) in [5.74, 6) is 0.554. The second-order valence-corrected chi connectivity index (χ2v) is 4.64. The van der Waals surface area contributed by atoms with Crippen molar-refractivity contribution < 1.29 is 4.79 Å². The van der Waals surface area contributed by atoms with Gasteiger partial charge >= 0.3 is 0 Å². The largest absolute Gasteiger partial charge is 0.382 e. The summed E-state index contributed by atoms with van der Waals surface area (Å²) in [5.41, 5.74) is 5.51. The van der Waals surface area contributed by atoms with Gasteiger partial charge in [0, 0.05) is 31.9 Å². The molecule has 0 aromatic carbocycles. The van der Waals surface area contributed by atoms with Gasteiger partial charge in [0.1, 0.15) is 12.4 Å². The molecule has 0 bridgehead atoms. The van der Waals surface area contributed by atoms with Crippen LogP contribution >= 0.6 is 0 Å². The number of hydrogen-bond acceptors (Lipinski definition) is 4. The first-order valence-corrected chi connectivity index (χ1v) is 5.83. The summed E-state index contributed by atoms with van der Waals surface area (Å²) in [6, 6.07) is 1.95. The Morgan fingerprint density at radius 1 is 1.59 bits per heavy atom. The number of anilines is 1. The first kappa shape index (κ1) is 11.9. The van der Waals surface area contributed by atoms with Crippen LogP contribution < -0.4 is 5.73 Å². The van der Waals surface area contributed by atoms with Crippen LogP contribution in [0, 0.1) is 0 Å². The van der Waals surface area contributed by atoms with Gasteiger partial charge in [-0.1, -0.05) is 0 Å². The molecule has 2 rings (SSSR count). The van der Waals surface area contributed by atoms with Gasteiger partial charge in [0.15, 0.2) is 0 Å². The first-order valence-electron chi connectivity index (χ1n) is 5.83. The number of piperazine rings is 1. The van der Waals surface area contributed by atoms with Crippen molar-refractivity contribution in [2.45, 2.75) is 19.5 Å². The highest BCUT2D eigenvalue weighted by Gasteiger charge is 2.25. The lowest BCUT2D eigenvalue weighted by Gasteiger charge is -2.38. The van der Waals surface area contributed by atoms with Gasteiger partial charge in [-0.05, 0) is 20.0 Å². The minimum atomic E-state index is 0.105. The summed E-state index contributed by atoms with van der Waals surface area (Å²) in [5, 5.41) is 4.02. The zero-order valence-corrected chi connectivity index (χ0v) is 10.3. The average Bonchev–Trinajstić information content (AvgIpc) is 2.63. The van der Waals surface area contributed by atoms with Gasteiger partial charge in [0.2, 0.25) is 5.91 Å². The van der Waals surface area contributed by atoms with Crippen LogP contribution in [0.15, 0.2) is 12.3 Å². The van der Waals surface area contributed by atoms with E-state index in [-0.39, 0.29) is 18.5 Å². The number of carbonyl (C=O) groups excluding carboxylic acids is 1. The van der Waals surface area contributed by atoms with Gasteiger partial charge in [-0.25, -0.2) is 0 Å². The fourth-order valence-corrected chi connectivity index (χ4v) is 2.21. The van der Waals surface area contributed by atoms with Crippen LogP contribution in [-0.4, -0.2) is 58.2 Å². The van der Waals surface area contributed by atoms with Gasteiger partial charge in [-0.3, -0.25) is 9.48 Å². The number of nitrogens with two attached hydrogens (primary N) is 1. The second kappa shape index (κ2) is 4.75. The number of nitrogens with zero attached hydrogens (tertiary/aromatic N) is 4. The first-order chi connectivity index (χ1) is 8.06. The van der Waals surface area contributed by atoms with Crippen LogP contribution in [0.5, 0.6) is 0 Å². The van der Waals surface area contributed by atoms with Crippen molar-refractivity contribution in [2.75, 3.05) is 32.4 Å². The quantitative estimate of drug-likeness (QED) is 0.762. The molecule has 1 amide bonds. The van der Waals surface area contributed by atoms with E-state index in [4.69, 9.17) is 5.73 Å². The van der Waals surface area contributed by atoms with Gasteiger partial charge in [0.05, 0.1) is 0 Å². The molecule has 1 fully saturated rings. The predicted molar refractivity (Wildman–Crippen MR) is 65.3 cm³/mol. The van der Waals surface area contributed by atoms with Gasteiger partial charge in [-0.2, -0.15) is 5.10 Å². The Labute approximate surface area is 101 Å². The maximum Gasteiger partial charge on any atom is 0.244 e. The van der Waals surface area contributed by atoms with E-state index >= 15 is 0 Å². The number of hydrogen-bond donors (Lipinski definition) is 1. The Bertz CT molecular complexity index is 402. The SMILES string of the molecule is CC1CN(C)CCN1C(=O)Cn1ccc(N)n1. The fraction of sp³-hybridized carbons (Fsp3) is 0.636. The zero-order chi connectivity index (χ0) is 12.4. The molecule has 17 heavy (non-hydrogen) atoms. The number of aromatic nitrogens is 2. The third-order valence-electron chi connectivity index (χ3n) is 3.11. The van der Waals surface area contributed by atoms with Gasteiger partial charge in [-0.15, -0.1) is 0 Å². The molecular weight excluding hydrogens is 218 g/mol. The molecule has 2 heterocycles. The van der Waals surface area contributed by atoms with Crippen molar-refractivity contribution in [3.63, 3.8) is 0 Å². The van der Waals surface area contributed by atoms with Crippen molar-refractivity contribution in [2.24, 2.45) is 0 Å². The molecule has 6 nitrogen and oxygen atoms in total. The molecule has 0 radical (unpaired) electrons. The van der Waals surface area contributed by atoms with E-state index in [1.165, 1.54) is 0 Å². The van der Waals surface area contributed by atoms with Crippen molar-refractivity contribution in [1.82, 2.24) is 19.6 Å². The van der Waals surface area contributed by atoms with Gasteiger partial charge < -0.3 is 15.5 Å². The monoisotopic (exact) mass is 237 g/mol. The van der Waals surface area contributed by atoms with Crippen LogP contribution in [0.1, 0.15) is 6.92 Å². The Morgan fingerprint density at radius 2 is 2.35 bits per heavy atom. The molecule has 1 saturated heterocycles. The Balaban J connectivity index is 1.96. The lowest BCUT2D eigenvalue weighted by Crippen LogP contribution is -2.53. The highest BCUT2D eigenvalue weighted by molar-refractivity contribution is 5.76. The molecule has 0 saturated carbocycles. The van der Waals surface area contributed by atoms with Crippen molar-refractivity contribution in [1.29, 1.82) is 0 Å². The second-order valence-electron chi connectivity index (χ2n) is 4.64. The summed E-state index contributed by atoms with van der Waals surface area (Å²) in [4.78, 5) is 16.3. The molecule has 94 valence electrons. The smallest absolute Gasteiger partial charge is 0.244 e. The molecule has 1 aromatic rings. The molecule has 0 aliphatic carbocycles. The van der Waals surface area contributed by atoms with Crippen molar-refractivity contribution >= 4 is 11.7 Å². The standard InChI is InChI=1S/C11H19N5O/c1-9-7-14(2)5-6-16(9)11(17)8-15-4-3-10(12)13-15/h3-4,9H,5-8H2,1-2H3,(H2,12,13). The topological polar surface area (TPSA) is 67.4 Å². The average molecular weight is 237 g/mol. The minimum absolute atomic E-state index is 0.105. The number of likely N-dealkylation sites (N-methyl/N-ethyl adjacent to an activating group) is 1. The van der Waals surface area contributed by atoms with E-state index in [0.29, 0.717) is 5.82 Å². The molecule has 6 heteroatoms. The van der Waals surface area contributed by atoms with Crippen LogP contribution in [-0.2, 0) is 11.3 Å². The van der Waals surface area contributed by atoms with E-state index in [1.807, 2.05) is 4.90 Å². The van der Waals surface area contributed by atoms with E-state index in [0.717, 1.165) is 19.6 Å². The van der Waals surface area contributed by atoms with Crippen LogP contribution in [0.4, 0.5) is 5.82 Å². The summed E-state index contributed by atoms with van der Waals surface area (Å²) in [7, 11) is 2.08. The maximum atomic E-state index is 12.1. The normalized spacial score (nSPS) is 21.8. The predicted octanol–water partition coefficient (Wildman–Crippen LogP) is -0.372. The number of carbonyl (C=O) groups is 1. The minimum Gasteiger partial charge on any atom is -0.382 e. The molecule has 1 aliphatic heterocycles. The molecule has 1 aliphatic rings. The lowest BCUT2D eigenvalue weighted by molar-refractivity contribution is -0.136. The summed E-state index contributed by atoms with van der Waals surface area (Å²) < 4.78 is 1.59. The maximum absolute atomic E-state index is 12.1. The van der Waals surface area contributed by atoms with Crippen molar-refractivity contribution in [3.8, 4) is 0 Å². The molecule has 2 N–H and O–H groups in total. The third-order valence-corrected chi connectivity index (χ3v) is 3.11. The Hall–Kier alpha value is -1.56. The van der Waals surface area contributed by atoms with E-state index in [1.54, 1.807) is 16.9 Å².